The second kappa shape index (κ2) is 5.45. The van der Waals surface area contributed by atoms with Gasteiger partial charge in [0, 0.05) is 11.3 Å². The van der Waals surface area contributed by atoms with Gasteiger partial charge in [-0.15, -0.1) is 0 Å². The van der Waals surface area contributed by atoms with Gasteiger partial charge < -0.3 is 0 Å². The topological polar surface area (TPSA) is 0 Å². The van der Waals surface area contributed by atoms with Crippen LogP contribution in [0.15, 0.2) is 0 Å². The molecule has 0 unspecified atom stereocenters. The fraction of sp³-hybridized carbons (Fsp3) is 1.00. The monoisotopic (exact) mass is 216 g/mol. The first-order valence-corrected chi connectivity index (χ1v) is 7.69. The summed E-state index contributed by atoms with van der Waals surface area (Å²) in [7, 11) is -1.12. The molecule has 0 aromatic carbocycles. The van der Waals surface area contributed by atoms with Gasteiger partial charge >= 0.3 is 0 Å². The second-order valence-electron chi connectivity index (χ2n) is 4.93. The Bertz CT molecular complexity index is 142. The summed E-state index contributed by atoms with van der Waals surface area (Å²) >= 11 is 0. The molecular weight excluding hydrogens is 194 g/mol. The van der Waals surface area contributed by atoms with Crippen molar-refractivity contribution in [2.24, 2.45) is 0 Å². The number of hydrogen-bond acceptors (Lipinski definition) is 0. The summed E-state index contributed by atoms with van der Waals surface area (Å²) in [6.07, 6.45) is 12.6. The van der Waals surface area contributed by atoms with Gasteiger partial charge in [-0.05, 0) is 25.7 Å². The minimum Gasteiger partial charge on any atom is -0.227 e. The van der Waals surface area contributed by atoms with Gasteiger partial charge in [-0.3, -0.25) is 0 Å². The molecule has 0 radical (unpaired) electrons. The van der Waals surface area contributed by atoms with E-state index in [1.807, 2.05) is 0 Å². The predicted octanol–water partition coefficient (Wildman–Crippen LogP) is 5.02. The first-order chi connectivity index (χ1) is 6.88. The van der Waals surface area contributed by atoms with E-state index in [9.17, 15) is 4.20 Å². The van der Waals surface area contributed by atoms with E-state index in [2.05, 4.69) is 0 Å². The van der Waals surface area contributed by atoms with Crippen LogP contribution in [0.2, 0.25) is 0 Å². The normalized spacial score (nSPS) is 27.0. The lowest BCUT2D eigenvalue weighted by molar-refractivity contribution is 0.471. The minimum atomic E-state index is -1.12. The molecule has 0 aromatic heterocycles. The Morgan fingerprint density at radius 2 is 1.00 bits per heavy atom. The SMILES string of the molecule is FP(C1CCCCC1)C1CCCCC1. The van der Waals surface area contributed by atoms with Crippen molar-refractivity contribution in [2.75, 3.05) is 0 Å². The van der Waals surface area contributed by atoms with Gasteiger partial charge in [0.1, 0.15) is 0 Å². The summed E-state index contributed by atoms with van der Waals surface area (Å²) in [6.45, 7) is 0. The molecule has 0 bridgehead atoms. The van der Waals surface area contributed by atoms with Crippen molar-refractivity contribution in [2.45, 2.75) is 75.5 Å². The van der Waals surface area contributed by atoms with E-state index < -0.39 is 8.23 Å². The molecule has 14 heavy (non-hydrogen) atoms. The quantitative estimate of drug-likeness (QED) is 0.568. The molecule has 0 saturated heterocycles. The molecule has 0 amide bonds. The summed E-state index contributed by atoms with van der Waals surface area (Å²) in [5.41, 5.74) is 0.976. The molecule has 2 aliphatic rings. The summed E-state index contributed by atoms with van der Waals surface area (Å²) in [5, 5.41) is 0. The lowest BCUT2D eigenvalue weighted by Gasteiger charge is -2.32. The van der Waals surface area contributed by atoms with Crippen LogP contribution in [0.3, 0.4) is 0 Å². The molecule has 0 spiro atoms. The first-order valence-electron chi connectivity index (χ1n) is 6.32. The zero-order chi connectivity index (χ0) is 9.80. The average molecular weight is 216 g/mol. The van der Waals surface area contributed by atoms with E-state index >= 15 is 0 Å². The molecule has 2 heteroatoms. The largest absolute Gasteiger partial charge is 0.227 e. The van der Waals surface area contributed by atoms with Crippen molar-refractivity contribution in [3.05, 3.63) is 0 Å². The number of halogens is 1. The van der Waals surface area contributed by atoms with Crippen LogP contribution in [-0.4, -0.2) is 11.3 Å². The molecule has 0 aromatic rings. The van der Waals surface area contributed by atoms with Crippen LogP contribution >= 0.6 is 8.23 Å². The predicted molar refractivity (Wildman–Crippen MR) is 61.8 cm³/mol. The standard InChI is InChI=1S/C12H22FP/c13-14(11-7-3-1-4-8-11)12-9-5-2-6-10-12/h11-12H,1-10H2. The van der Waals surface area contributed by atoms with Crippen LogP contribution < -0.4 is 0 Å². The molecule has 0 aliphatic heterocycles. The fourth-order valence-electron chi connectivity index (χ4n) is 2.95. The molecule has 2 saturated carbocycles. The van der Waals surface area contributed by atoms with Gasteiger partial charge in [-0.2, -0.15) is 0 Å². The second-order valence-corrected chi connectivity index (χ2v) is 7.08. The van der Waals surface area contributed by atoms with E-state index in [1.165, 1.54) is 64.2 Å². The van der Waals surface area contributed by atoms with Crippen LogP contribution in [0.5, 0.6) is 0 Å². The third-order valence-electron chi connectivity index (χ3n) is 3.85. The van der Waals surface area contributed by atoms with Crippen LogP contribution in [-0.2, 0) is 0 Å². The Labute approximate surface area is 88.5 Å². The Morgan fingerprint density at radius 3 is 1.36 bits per heavy atom. The fourth-order valence-corrected chi connectivity index (χ4v) is 5.27. The lowest BCUT2D eigenvalue weighted by atomic mass is 10.00. The summed E-state index contributed by atoms with van der Waals surface area (Å²) in [6, 6.07) is 0. The molecule has 2 fully saturated rings. The zero-order valence-corrected chi connectivity index (χ0v) is 9.95. The third-order valence-corrected chi connectivity index (χ3v) is 6.28. The molecule has 0 N–H and O–H groups in total. The van der Waals surface area contributed by atoms with E-state index in [4.69, 9.17) is 0 Å². The maximum absolute atomic E-state index is 14.2. The Hall–Kier alpha value is 0.360. The van der Waals surface area contributed by atoms with Crippen LogP contribution in [0.4, 0.5) is 4.20 Å². The summed E-state index contributed by atoms with van der Waals surface area (Å²) < 4.78 is 14.2. The Balaban J connectivity index is 1.82. The van der Waals surface area contributed by atoms with Crippen molar-refractivity contribution in [1.29, 1.82) is 0 Å². The minimum absolute atomic E-state index is 0.488. The highest BCUT2D eigenvalue weighted by Crippen LogP contribution is 2.56. The van der Waals surface area contributed by atoms with Crippen LogP contribution in [0.1, 0.15) is 64.2 Å². The smallest absolute Gasteiger partial charge is 0.0876 e. The van der Waals surface area contributed by atoms with E-state index in [0.29, 0.717) is 11.3 Å². The molecule has 0 heterocycles. The molecule has 82 valence electrons. The summed E-state index contributed by atoms with van der Waals surface area (Å²) in [4.78, 5) is 0. The molecule has 0 nitrogen and oxygen atoms in total. The van der Waals surface area contributed by atoms with Crippen molar-refractivity contribution in [3.8, 4) is 0 Å². The Kier molecular flexibility index (Phi) is 4.23. The highest BCUT2D eigenvalue weighted by atomic mass is 31.2. The van der Waals surface area contributed by atoms with Crippen molar-refractivity contribution >= 4 is 8.23 Å². The first kappa shape index (κ1) is 10.9. The number of hydrogen-bond donors (Lipinski definition) is 0. The van der Waals surface area contributed by atoms with E-state index in [0.717, 1.165) is 0 Å². The van der Waals surface area contributed by atoms with Crippen LogP contribution in [0.25, 0.3) is 0 Å². The highest BCUT2D eigenvalue weighted by Gasteiger charge is 2.31. The molecule has 2 aliphatic carbocycles. The van der Waals surface area contributed by atoms with Gasteiger partial charge in [0.05, 0.1) is 8.23 Å². The van der Waals surface area contributed by atoms with Crippen molar-refractivity contribution < 1.29 is 4.20 Å². The van der Waals surface area contributed by atoms with Gasteiger partial charge in [0.15, 0.2) is 0 Å². The number of rotatable bonds is 2. The van der Waals surface area contributed by atoms with Crippen molar-refractivity contribution in [1.82, 2.24) is 0 Å². The van der Waals surface area contributed by atoms with Gasteiger partial charge in [-0.25, -0.2) is 4.20 Å². The molecule has 2 rings (SSSR count). The maximum atomic E-state index is 14.2. The highest BCUT2D eigenvalue weighted by molar-refractivity contribution is 7.53. The van der Waals surface area contributed by atoms with Gasteiger partial charge in [0.2, 0.25) is 0 Å². The van der Waals surface area contributed by atoms with E-state index in [1.54, 1.807) is 0 Å². The average Bonchev–Trinajstić information content (AvgIpc) is 2.30. The van der Waals surface area contributed by atoms with Gasteiger partial charge in [0.25, 0.3) is 0 Å². The third kappa shape index (κ3) is 2.69. The lowest BCUT2D eigenvalue weighted by Crippen LogP contribution is -2.18. The maximum Gasteiger partial charge on any atom is 0.0876 e. The zero-order valence-electron chi connectivity index (χ0n) is 9.05. The Morgan fingerprint density at radius 1 is 0.643 bits per heavy atom. The van der Waals surface area contributed by atoms with Crippen LogP contribution in [0, 0.1) is 0 Å². The summed E-state index contributed by atoms with van der Waals surface area (Å²) in [5.74, 6) is 0. The van der Waals surface area contributed by atoms with Gasteiger partial charge in [-0.1, -0.05) is 38.5 Å². The molecule has 0 atom stereocenters. The van der Waals surface area contributed by atoms with Crippen molar-refractivity contribution in [3.63, 3.8) is 0 Å². The molecular formula is C12H22FP. The van der Waals surface area contributed by atoms with E-state index in [-0.39, 0.29) is 0 Å².